The Kier molecular flexibility index (Phi) is 7.74. The molecule has 0 unspecified atom stereocenters. The number of para-hydroxylation sites is 3. The van der Waals surface area contributed by atoms with Crippen molar-refractivity contribution in [2.24, 2.45) is 0 Å². The first-order valence-corrected chi connectivity index (χ1v) is 19.1. The summed E-state index contributed by atoms with van der Waals surface area (Å²) >= 11 is 0. The quantitative estimate of drug-likeness (QED) is 0.160. The van der Waals surface area contributed by atoms with Gasteiger partial charge in [0.25, 0.3) is 0 Å². The van der Waals surface area contributed by atoms with Crippen LogP contribution in [0.15, 0.2) is 201 Å². The van der Waals surface area contributed by atoms with E-state index in [1.165, 1.54) is 27.2 Å². The van der Waals surface area contributed by atoms with Gasteiger partial charge in [-0.2, -0.15) is 0 Å². The zero-order chi connectivity index (χ0) is 37.7. The van der Waals surface area contributed by atoms with Crippen LogP contribution in [0.5, 0.6) is 0 Å². The molecule has 266 valence electrons. The predicted octanol–water partition coefficient (Wildman–Crippen LogP) is 13.0. The fourth-order valence-electron chi connectivity index (χ4n) is 8.34. The lowest BCUT2D eigenvalue weighted by atomic mass is 9.93. The minimum atomic E-state index is 0.893. The lowest BCUT2D eigenvalue weighted by molar-refractivity contribution is 1.18. The first-order valence-electron chi connectivity index (χ1n) is 19.1. The highest BCUT2D eigenvalue weighted by atomic mass is 15.0. The van der Waals surface area contributed by atoms with Crippen molar-refractivity contribution >= 4 is 43.5 Å². The van der Waals surface area contributed by atoms with Gasteiger partial charge in [0.1, 0.15) is 0 Å². The zero-order valence-corrected chi connectivity index (χ0v) is 30.8. The third-order valence-corrected chi connectivity index (χ3v) is 11.0. The molecule has 6 aromatic carbocycles. The molecule has 0 N–H and O–H groups in total. The van der Waals surface area contributed by atoms with Gasteiger partial charge in [-0.15, -0.1) is 0 Å². The standard InChI is InChI=1S/C52H33N5/c1-2-14-41(15-3-1)57-48-19-7-5-17-43(48)51-49(57)21-20-44-50(51)42-16-4-6-18-45(42)56-52(44)39-13-9-11-37(31-39)36-10-8-12-38(30-36)40-32-46(34-22-26-53-27-23-34)55-47(33-40)35-24-28-54-29-25-35/h1-33H. The van der Waals surface area contributed by atoms with Crippen molar-refractivity contribution in [3.63, 3.8) is 0 Å². The van der Waals surface area contributed by atoms with E-state index in [0.29, 0.717) is 0 Å². The Morgan fingerprint density at radius 3 is 1.61 bits per heavy atom. The predicted molar refractivity (Wildman–Crippen MR) is 234 cm³/mol. The smallest absolute Gasteiger partial charge is 0.0788 e. The van der Waals surface area contributed by atoms with Gasteiger partial charge in [0.05, 0.1) is 33.6 Å². The average molecular weight is 728 g/mol. The molecular formula is C52H33N5. The van der Waals surface area contributed by atoms with E-state index in [1.807, 2.05) is 49.1 Å². The van der Waals surface area contributed by atoms with Gasteiger partial charge < -0.3 is 4.57 Å². The summed E-state index contributed by atoms with van der Waals surface area (Å²) in [4.78, 5) is 18.9. The third-order valence-electron chi connectivity index (χ3n) is 11.0. The summed E-state index contributed by atoms with van der Waals surface area (Å²) in [7, 11) is 0. The molecule has 5 heterocycles. The first kappa shape index (κ1) is 32.7. The van der Waals surface area contributed by atoms with Gasteiger partial charge in [-0.1, -0.05) is 97.1 Å². The van der Waals surface area contributed by atoms with Crippen LogP contribution in [0.25, 0.3) is 105 Å². The van der Waals surface area contributed by atoms with Crippen LogP contribution in [0.3, 0.4) is 0 Å². The fraction of sp³-hybridized carbons (Fsp3) is 0. The van der Waals surface area contributed by atoms with Gasteiger partial charge in [-0.3, -0.25) is 9.97 Å². The van der Waals surface area contributed by atoms with Crippen LogP contribution in [0.2, 0.25) is 0 Å². The number of nitrogens with zero attached hydrogens (tertiary/aromatic N) is 5. The highest BCUT2D eigenvalue weighted by molar-refractivity contribution is 6.29. The van der Waals surface area contributed by atoms with E-state index in [4.69, 9.17) is 9.97 Å². The molecule has 0 atom stereocenters. The van der Waals surface area contributed by atoms with E-state index in [0.717, 1.165) is 78.0 Å². The monoisotopic (exact) mass is 727 g/mol. The summed E-state index contributed by atoms with van der Waals surface area (Å²) in [5, 5.41) is 5.97. The van der Waals surface area contributed by atoms with E-state index in [1.54, 1.807) is 0 Å². The van der Waals surface area contributed by atoms with Crippen LogP contribution in [-0.4, -0.2) is 24.5 Å². The highest BCUT2D eigenvalue weighted by Crippen LogP contribution is 2.43. The van der Waals surface area contributed by atoms with Gasteiger partial charge in [-0.25, -0.2) is 9.97 Å². The second-order valence-corrected chi connectivity index (χ2v) is 14.3. The molecule has 0 amide bonds. The number of hydrogen-bond acceptors (Lipinski definition) is 4. The topological polar surface area (TPSA) is 56.5 Å². The average Bonchev–Trinajstić information content (AvgIpc) is 3.64. The van der Waals surface area contributed by atoms with Crippen molar-refractivity contribution in [1.29, 1.82) is 0 Å². The van der Waals surface area contributed by atoms with Gasteiger partial charge in [0.2, 0.25) is 0 Å². The van der Waals surface area contributed by atoms with Crippen molar-refractivity contribution in [1.82, 2.24) is 24.5 Å². The molecule has 11 rings (SSSR count). The second-order valence-electron chi connectivity index (χ2n) is 14.3. The van der Waals surface area contributed by atoms with Crippen LogP contribution in [-0.2, 0) is 0 Å². The molecule has 0 aliphatic carbocycles. The second kappa shape index (κ2) is 13.5. The maximum atomic E-state index is 5.38. The lowest BCUT2D eigenvalue weighted by Crippen LogP contribution is -1.94. The van der Waals surface area contributed by atoms with Gasteiger partial charge >= 0.3 is 0 Å². The van der Waals surface area contributed by atoms with Crippen molar-refractivity contribution in [2.45, 2.75) is 0 Å². The number of aromatic nitrogens is 5. The molecule has 0 aliphatic rings. The molecule has 0 radical (unpaired) electrons. The van der Waals surface area contributed by atoms with E-state index >= 15 is 0 Å². The van der Waals surface area contributed by atoms with Crippen molar-refractivity contribution in [3.8, 4) is 61.7 Å². The molecular weight excluding hydrogens is 695 g/mol. The Balaban J connectivity index is 1.08. The van der Waals surface area contributed by atoms with Gasteiger partial charge in [-0.05, 0) is 101 Å². The molecule has 0 bridgehead atoms. The lowest BCUT2D eigenvalue weighted by Gasteiger charge is -2.14. The van der Waals surface area contributed by atoms with E-state index in [9.17, 15) is 0 Å². The van der Waals surface area contributed by atoms with Crippen molar-refractivity contribution < 1.29 is 0 Å². The Morgan fingerprint density at radius 2 is 0.912 bits per heavy atom. The number of fused-ring (bicyclic) bond motifs is 7. The normalized spacial score (nSPS) is 11.5. The number of hydrogen-bond donors (Lipinski definition) is 0. The largest absolute Gasteiger partial charge is 0.309 e. The minimum Gasteiger partial charge on any atom is -0.309 e. The number of rotatable bonds is 6. The summed E-state index contributed by atoms with van der Waals surface area (Å²) in [6.45, 7) is 0. The SMILES string of the molecule is c1ccc(-n2c3ccccc3c3c4c(ccc32)c(-c2cccc(-c3cccc(-c5cc(-c6ccncc6)nc(-c6ccncc6)c5)c3)c2)nc2ccccc24)cc1. The van der Waals surface area contributed by atoms with Crippen molar-refractivity contribution in [3.05, 3.63) is 201 Å². The Bertz CT molecular complexity index is 3220. The van der Waals surface area contributed by atoms with Gasteiger partial charge in [0, 0.05) is 74.1 Å². The van der Waals surface area contributed by atoms with E-state index in [-0.39, 0.29) is 0 Å². The summed E-state index contributed by atoms with van der Waals surface area (Å²) in [5.74, 6) is 0. The summed E-state index contributed by atoms with van der Waals surface area (Å²) in [6, 6.07) is 62.4. The molecule has 5 aromatic heterocycles. The van der Waals surface area contributed by atoms with Crippen LogP contribution in [0.1, 0.15) is 0 Å². The number of benzene rings is 6. The van der Waals surface area contributed by atoms with Crippen molar-refractivity contribution in [2.75, 3.05) is 0 Å². The van der Waals surface area contributed by atoms with Crippen LogP contribution in [0, 0.1) is 0 Å². The maximum absolute atomic E-state index is 5.38. The molecule has 57 heavy (non-hydrogen) atoms. The highest BCUT2D eigenvalue weighted by Gasteiger charge is 2.19. The number of pyridine rings is 4. The fourth-order valence-corrected chi connectivity index (χ4v) is 8.34. The first-order chi connectivity index (χ1) is 28.3. The summed E-state index contributed by atoms with van der Waals surface area (Å²) in [5.41, 5.74) is 14.8. The Morgan fingerprint density at radius 1 is 0.333 bits per heavy atom. The summed E-state index contributed by atoms with van der Waals surface area (Å²) < 4.78 is 2.38. The van der Waals surface area contributed by atoms with Crippen LogP contribution >= 0.6 is 0 Å². The van der Waals surface area contributed by atoms with Crippen LogP contribution < -0.4 is 0 Å². The molecule has 0 saturated heterocycles. The van der Waals surface area contributed by atoms with E-state index < -0.39 is 0 Å². The Labute approximate surface area is 329 Å². The molecule has 11 aromatic rings. The Hall–Kier alpha value is -7.76. The third kappa shape index (κ3) is 5.64. The molecule has 0 aliphatic heterocycles. The molecule has 5 nitrogen and oxygen atoms in total. The van der Waals surface area contributed by atoms with E-state index in [2.05, 4.69) is 166 Å². The maximum Gasteiger partial charge on any atom is 0.0788 e. The summed E-state index contributed by atoms with van der Waals surface area (Å²) in [6.07, 6.45) is 7.23. The van der Waals surface area contributed by atoms with Gasteiger partial charge in [0.15, 0.2) is 0 Å². The molecule has 0 saturated carbocycles. The molecule has 5 heteroatoms. The zero-order valence-electron chi connectivity index (χ0n) is 30.8. The minimum absolute atomic E-state index is 0.893. The molecule has 0 fully saturated rings. The molecule has 0 spiro atoms. The van der Waals surface area contributed by atoms with Crippen LogP contribution in [0.4, 0.5) is 0 Å².